The van der Waals surface area contributed by atoms with E-state index in [2.05, 4.69) is 10.1 Å². The van der Waals surface area contributed by atoms with E-state index in [9.17, 15) is 0 Å². The van der Waals surface area contributed by atoms with Crippen LogP contribution in [0.2, 0.25) is 0 Å². The first kappa shape index (κ1) is 23.4. The van der Waals surface area contributed by atoms with Crippen LogP contribution in [0.1, 0.15) is 33.3 Å². The van der Waals surface area contributed by atoms with Gasteiger partial charge in [-0.1, -0.05) is 23.4 Å². The summed E-state index contributed by atoms with van der Waals surface area (Å²) in [4.78, 5) is 9.38. The van der Waals surface area contributed by atoms with Gasteiger partial charge in [-0.25, -0.2) is 4.98 Å². The van der Waals surface area contributed by atoms with Crippen molar-refractivity contribution < 1.29 is 23.5 Å². The third-order valence-electron chi connectivity index (χ3n) is 5.12. The van der Waals surface area contributed by atoms with Gasteiger partial charge in [-0.05, 0) is 58.4 Å². The Morgan fingerprint density at radius 3 is 2.12 bits per heavy atom. The highest BCUT2D eigenvalue weighted by Crippen LogP contribution is 2.42. The molecule has 0 aliphatic rings. The van der Waals surface area contributed by atoms with Gasteiger partial charge in [-0.2, -0.15) is 4.98 Å². The lowest BCUT2D eigenvalue weighted by Crippen LogP contribution is -2.03. The second-order valence-corrected chi connectivity index (χ2v) is 7.44. The van der Waals surface area contributed by atoms with E-state index in [1.807, 2.05) is 71.0 Å². The SMILES string of the molecule is CCOc1cc(-c2nc(-c3cc4cccc(C)c4nc3OCC)no2)cc(OCC)c1OCC. The molecule has 8 heteroatoms. The third-order valence-corrected chi connectivity index (χ3v) is 5.12. The van der Waals surface area contributed by atoms with E-state index in [4.69, 9.17) is 28.5 Å². The lowest BCUT2D eigenvalue weighted by atomic mass is 10.1. The van der Waals surface area contributed by atoms with Crippen LogP contribution >= 0.6 is 0 Å². The lowest BCUT2D eigenvalue weighted by Gasteiger charge is -2.16. The molecule has 2 aromatic heterocycles. The van der Waals surface area contributed by atoms with E-state index >= 15 is 0 Å². The van der Waals surface area contributed by atoms with Crippen molar-refractivity contribution >= 4 is 10.9 Å². The van der Waals surface area contributed by atoms with Crippen LogP contribution in [0.4, 0.5) is 0 Å². The fourth-order valence-electron chi connectivity index (χ4n) is 3.70. The number of para-hydroxylation sites is 1. The number of aryl methyl sites for hydroxylation is 1. The first-order chi connectivity index (χ1) is 16.6. The van der Waals surface area contributed by atoms with Crippen LogP contribution in [0, 0.1) is 6.92 Å². The molecule has 0 saturated carbocycles. The normalized spacial score (nSPS) is 11.0. The average Bonchev–Trinajstić information content (AvgIpc) is 3.32. The minimum absolute atomic E-state index is 0.326. The maximum atomic E-state index is 5.82. The molecule has 0 bridgehead atoms. The molecule has 0 atom stereocenters. The summed E-state index contributed by atoms with van der Waals surface area (Å²) < 4.78 is 28.9. The molecular weight excluding hydrogens is 434 g/mol. The summed E-state index contributed by atoms with van der Waals surface area (Å²) >= 11 is 0. The molecule has 4 rings (SSSR count). The van der Waals surface area contributed by atoms with E-state index in [-0.39, 0.29) is 0 Å². The van der Waals surface area contributed by atoms with Gasteiger partial charge < -0.3 is 23.5 Å². The zero-order valence-corrected chi connectivity index (χ0v) is 20.2. The van der Waals surface area contributed by atoms with Crippen molar-refractivity contribution in [3.63, 3.8) is 0 Å². The third kappa shape index (κ3) is 4.62. The summed E-state index contributed by atoms with van der Waals surface area (Å²) in [7, 11) is 0. The molecule has 8 nitrogen and oxygen atoms in total. The summed E-state index contributed by atoms with van der Waals surface area (Å²) in [6.07, 6.45) is 0. The van der Waals surface area contributed by atoms with Gasteiger partial charge in [0.1, 0.15) is 0 Å². The minimum Gasteiger partial charge on any atom is -0.490 e. The predicted molar refractivity (Wildman–Crippen MR) is 130 cm³/mol. The molecule has 178 valence electrons. The van der Waals surface area contributed by atoms with Crippen LogP contribution in [-0.4, -0.2) is 41.6 Å². The molecule has 0 saturated heterocycles. The Balaban J connectivity index is 1.81. The van der Waals surface area contributed by atoms with Crippen molar-refractivity contribution in [1.29, 1.82) is 0 Å². The zero-order chi connectivity index (χ0) is 24.1. The van der Waals surface area contributed by atoms with Crippen molar-refractivity contribution in [3.05, 3.63) is 42.0 Å². The number of benzene rings is 2. The number of aromatic nitrogens is 3. The Hall–Kier alpha value is -3.81. The highest BCUT2D eigenvalue weighted by molar-refractivity contribution is 5.87. The van der Waals surface area contributed by atoms with Crippen LogP contribution in [-0.2, 0) is 0 Å². The van der Waals surface area contributed by atoms with E-state index in [1.165, 1.54) is 0 Å². The van der Waals surface area contributed by atoms with E-state index in [0.29, 0.717) is 72.4 Å². The molecule has 0 radical (unpaired) electrons. The van der Waals surface area contributed by atoms with Gasteiger partial charge in [-0.3, -0.25) is 0 Å². The summed E-state index contributed by atoms with van der Waals surface area (Å²) in [6, 6.07) is 11.6. The molecule has 0 aliphatic carbocycles. The Bertz CT molecular complexity index is 1260. The van der Waals surface area contributed by atoms with E-state index in [1.54, 1.807) is 0 Å². The van der Waals surface area contributed by atoms with Crippen LogP contribution in [0.25, 0.3) is 33.7 Å². The number of pyridine rings is 1. The fraction of sp³-hybridized carbons (Fsp3) is 0.346. The van der Waals surface area contributed by atoms with Gasteiger partial charge in [0.05, 0.1) is 37.5 Å². The maximum Gasteiger partial charge on any atom is 0.258 e. The Morgan fingerprint density at radius 1 is 0.794 bits per heavy atom. The molecule has 2 heterocycles. The van der Waals surface area contributed by atoms with Gasteiger partial charge in [0.25, 0.3) is 5.89 Å². The Morgan fingerprint density at radius 2 is 1.47 bits per heavy atom. The van der Waals surface area contributed by atoms with E-state index in [0.717, 1.165) is 16.5 Å². The number of fused-ring (bicyclic) bond motifs is 1. The molecule has 0 amide bonds. The van der Waals surface area contributed by atoms with Crippen molar-refractivity contribution in [2.75, 3.05) is 26.4 Å². The second-order valence-electron chi connectivity index (χ2n) is 7.44. The topological polar surface area (TPSA) is 88.7 Å². The Labute approximate surface area is 198 Å². The minimum atomic E-state index is 0.326. The quantitative estimate of drug-likeness (QED) is 0.289. The molecule has 0 N–H and O–H groups in total. The number of hydrogen-bond donors (Lipinski definition) is 0. The van der Waals surface area contributed by atoms with Crippen molar-refractivity contribution in [2.24, 2.45) is 0 Å². The van der Waals surface area contributed by atoms with Crippen LogP contribution < -0.4 is 18.9 Å². The first-order valence-corrected chi connectivity index (χ1v) is 11.5. The zero-order valence-electron chi connectivity index (χ0n) is 20.2. The molecule has 0 unspecified atom stereocenters. The summed E-state index contributed by atoms with van der Waals surface area (Å²) in [6.45, 7) is 11.6. The second kappa shape index (κ2) is 10.4. The van der Waals surface area contributed by atoms with Gasteiger partial charge >= 0.3 is 0 Å². The standard InChI is InChI=1S/C26H29N3O5/c1-6-30-20-14-18(15-21(31-7-2)23(20)32-8-3)25-28-24(29-34-25)19-13-17-12-10-11-16(5)22(17)27-26(19)33-9-4/h10-15H,6-9H2,1-5H3. The highest BCUT2D eigenvalue weighted by Gasteiger charge is 2.21. The number of nitrogens with zero attached hydrogens (tertiary/aromatic N) is 3. The van der Waals surface area contributed by atoms with Crippen LogP contribution in [0.15, 0.2) is 40.9 Å². The average molecular weight is 464 g/mol. The Kier molecular flexibility index (Phi) is 7.15. The van der Waals surface area contributed by atoms with Gasteiger partial charge in [0, 0.05) is 10.9 Å². The number of ether oxygens (including phenoxy) is 4. The van der Waals surface area contributed by atoms with Crippen LogP contribution in [0.3, 0.4) is 0 Å². The van der Waals surface area contributed by atoms with Crippen molar-refractivity contribution in [1.82, 2.24) is 15.1 Å². The summed E-state index contributed by atoms with van der Waals surface area (Å²) in [5, 5.41) is 5.20. The number of hydrogen-bond acceptors (Lipinski definition) is 8. The van der Waals surface area contributed by atoms with E-state index < -0.39 is 0 Å². The predicted octanol–water partition coefficient (Wildman–Crippen LogP) is 5.86. The van der Waals surface area contributed by atoms with Crippen molar-refractivity contribution in [3.8, 4) is 46.0 Å². The van der Waals surface area contributed by atoms with Gasteiger partial charge in [0.2, 0.25) is 17.5 Å². The largest absolute Gasteiger partial charge is 0.490 e. The molecule has 4 aromatic rings. The number of rotatable bonds is 10. The first-order valence-electron chi connectivity index (χ1n) is 11.5. The maximum absolute atomic E-state index is 5.82. The molecule has 34 heavy (non-hydrogen) atoms. The van der Waals surface area contributed by atoms with Gasteiger partial charge in [-0.15, -0.1) is 0 Å². The van der Waals surface area contributed by atoms with Crippen molar-refractivity contribution in [2.45, 2.75) is 34.6 Å². The smallest absolute Gasteiger partial charge is 0.258 e. The fourth-order valence-corrected chi connectivity index (χ4v) is 3.70. The van der Waals surface area contributed by atoms with Gasteiger partial charge in [0.15, 0.2) is 11.5 Å². The molecule has 0 spiro atoms. The lowest BCUT2D eigenvalue weighted by molar-refractivity contribution is 0.261. The molecule has 2 aromatic carbocycles. The highest BCUT2D eigenvalue weighted by atomic mass is 16.5. The summed E-state index contributed by atoms with van der Waals surface area (Å²) in [5.74, 6) is 2.85. The van der Waals surface area contributed by atoms with Crippen LogP contribution in [0.5, 0.6) is 23.1 Å². The summed E-state index contributed by atoms with van der Waals surface area (Å²) in [5.41, 5.74) is 3.28. The monoisotopic (exact) mass is 463 g/mol. The molecule has 0 aliphatic heterocycles. The molecule has 0 fully saturated rings. The molecular formula is C26H29N3O5.